The molecule has 3 saturated heterocycles. The van der Waals surface area contributed by atoms with Crippen molar-refractivity contribution in [2.75, 3.05) is 63.8 Å². The maximum absolute atomic E-state index is 14.7. The lowest BCUT2D eigenvalue weighted by Crippen LogP contribution is -2.59. The third-order valence-electron chi connectivity index (χ3n) is 12.9. The summed E-state index contributed by atoms with van der Waals surface area (Å²) in [5.41, 5.74) is 5.33. The van der Waals surface area contributed by atoms with Crippen LogP contribution in [0.4, 0.5) is 10.5 Å². The lowest BCUT2D eigenvalue weighted by atomic mass is 9.89. The van der Waals surface area contributed by atoms with Gasteiger partial charge in [-0.25, -0.2) is 4.79 Å². The smallest absolute Gasteiger partial charge is 0.318 e. The number of carbonyl (C=O) groups is 3. The molecular weight excluding hydrogens is 757 g/mol. The minimum Gasteiger partial charge on any atom is -0.368 e. The Morgan fingerprint density at radius 3 is 2.33 bits per heavy atom. The van der Waals surface area contributed by atoms with E-state index in [4.69, 9.17) is 0 Å². The number of anilines is 1. The number of rotatable bonds is 12. The average molecular weight is 815 g/mol. The van der Waals surface area contributed by atoms with Gasteiger partial charge in [0.15, 0.2) is 0 Å². The number of fused-ring (bicyclic) bond motifs is 2. The van der Waals surface area contributed by atoms with Gasteiger partial charge in [-0.05, 0) is 124 Å². The number of para-hydroxylation sites is 1. The maximum atomic E-state index is 14.7. The average Bonchev–Trinajstić information content (AvgIpc) is 3.76. The molecule has 14 heteroatoms. The number of benzene rings is 2. The lowest BCUT2D eigenvalue weighted by molar-refractivity contribution is -0.137. The van der Waals surface area contributed by atoms with Gasteiger partial charge in [0, 0.05) is 80.2 Å². The third kappa shape index (κ3) is 9.49. The Morgan fingerprint density at radius 2 is 1.58 bits per heavy atom. The van der Waals surface area contributed by atoms with Crippen LogP contribution in [0.2, 0.25) is 0 Å². The highest BCUT2D eigenvalue weighted by Gasteiger charge is 2.35. The first kappa shape index (κ1) is 41.0. The van der Waals surface area contributed by atoms with Gasteiger partial charge in [-0.2, -0.15) is 5.10 Å². The molecule has 0 radical (unpaired) electrons. The molecule has 0 saturated carbocycles. The van der Waals surface area contributed by atoms with Crippen LogP contribution in [-0.4, -0.2) is 124 Å². The molecule has 6 heterocycles. The number of H-pyrrole nitrogens is 2. The first-order valence-electron chi connectivity index (χ1n) is 21.8. The normalized spacial score (nSPS) is 18.1. The van der Waals surface area contributed by atoms with Gasteiger partial charge in [-0.3, -0.25) is 24.5 Å². The van der Waals surface area contributed by atoms with Crippen molar-refractivity contribution in [2.45, 2.75) is 76.8 Å². The number of piperazine rings is 1. The van der Waals surface area contributed by atoms with Gasteiger partial charge >= 0.3 is 6.03 Å². The molecule has 3 aliphatic rings. The molecule has 5 aromatic rings. The maximum Gasteiger partial charge on any atom is 0.318 e. The number of aromatic amines is 2. The molecule has 8 rings (SSSR count). The highest BCUT2D eigenvalue weighted by Crippen LogP contribution is 2.28. The van der Waals surface area contributed by atoms with E-state index in [1.807, 2.05) is 66.4 Å². The predicted molar refractivity (Wildman–Crippen MR) is 234 cm³/mol. The summed E-state index contributed by atoms with van der Waals surface area (Å²) >= 11 is 0. The van der Waals surface area contributed by atoms with E-state index in [9.17, 15) is 19.2 Å². The van der Waals surface area contributed by atoms with Crippen molar-refractivity contribution < 1.29 is 14.4 Å². The number of carbonyl (C=O) groups excluding carboxylic acids is 3. The highest BCUT2D eigenvalue weighted by molar-refractivity contribution is 5.92. The summed E-state index contributed by atoms with van der Waals surface area (Å²) in [5.74, 6) is -0.137. The summed E-state index contributed by atoms with van der Waals surface area (Å²) in [6.45, 7) is 10.6. The van der Waals surface area contributed by atoms with Crippen LogP contribution >= 0.6 is 0 Å². The van der Waals surface area contributed by atoms with Crippen molar-refractivity contribution in [3.05, 3.63) is 100 Å². The number of amides is 4. The van der Waals surface area contributed by atoms with Crippen LogP contribution in [0, 0.1) is 12.8 Å². The SMILES string of the molecule is CCCN1CCC(C[C@H](NC(=O)[C@@H](Cc2cc(C)c3[nH]ncc3c2)NC(=O)N2CCC(c3cc4ccccc4[nH]c3=O)CC2)C(=O)N2CCN(c3ccncc3)CC2)CC1. The number of nitrogens with zero attached hydrogens (tertiary/aromatic N) is 6. The second kappa shape index (κ2) is 18.7. The molecule has 14 nitrogen and oxygen atoms in total. The zero-order valence-electron chi connectivity index (χ0n) is 34.9. The number of hydrogen-bond donors (Lipinski definition) is 4. The molecule has 3 fully saturated rings. The summed E-state index contributed by atoms with van der Waals surface area (Å²) in [5, 5.41) is 15.5. The molecule has 4 N–H and O–H groups in total. The molecular formula is C46H58N10O4. The molecule has 3 aromatic heterocycles. The molecule has 3 aliphatic heterocycles. The van der Waals surface area contributed by atoms with Crippen molar-refractivity contribution in [1.82, 2.24) is 45.5 Å². The predicted octanol–water partition coefficient (Wildman–Crippen LogP) is 4.95. The zero-order valence-corrected chi connectivity index (χ0v) is 34.9. The van der Waals surface area contributed by atoms with E-state index in [1.165, 1.54) is 0 Å². The Morgan fingerprint density at radius 1 is 0.833 bits per heavy atom. The minimum absolute atomic E-state index is 0.0124. The van der Waals surface area contributed by atoms with Crippen molar-refractivity contribution in [3.63, 3.8) is 0 Å². The van der Waals surface area contributed by atoms with E-state index >= 15 is 0 Å². The van der Waals surface area contributed by atoms with Crippen LogP contribution in [0.1, 0.15) is 68.1 Å². The number of likely N-dealkylation sites (tertiary alicyclic amines) is 2. The largest absolute Gasteiger partial charge is 0.368 e. The van der Waals surface area contributed by atoms with Crippen LogP contribution in [-0.2, 0) is 16.0 Å². The van der Waals surface area contributed by atoms with E-state index in [0.717, 1.165) is 83.1 Å². The van der Waals surface area contributed by atoms with Crippen LogP contribution in [0.15, 0.2) is 78.0 Å². The molecule has 60 heavy (non-hydrogen) atoms. The van der Waals surface area contributed by atoms with E-state index < -0.39 is 12.1 Å². The van der Waals surface area contributed by atoms with E-state index in [2.05, 4.69) is 47.5 Å². The zero-order chi connectivity index (χ0) is 41.6. The first-order chi connectivity index (χ1) is 29.2. The number of nitrogens with one attached hydrogen (secondary N) is 4. The Bertz CT molecular complexity index is 2320. The van der Waals surface area contributed by atoms with E-state index in [1.54, 1.807) is 23.5 Å². The van der Waals surface area contributed by atoms with Gasteiger partial charge in [0.1, 0.15) is 12.1 Å². The quantitative estimate of drug-likeness (QED) is 0.138. The lowest BCUT2D eigenvalue weighted by Gasteiger charge is -2.39. The summed E-state index contributed by atoms with van der Waals surface area (Å²) in [6, 6.07) is 15.7. The molecule has 2 aromatic carbocycles. The fourth-order valence-corrected chi connectivity index (χ4v) is 9.53. The van der Waals surface area contributed by atoms with Crippen molar-refractivity contribution in [2.24, 2.45) is 5.92 Å². The first-order valence-corrected chi connectivity index (χ1v) is 21.8. The molecule has 316 valence electrons. The second-order valence-corrected chi connectivity index (χ2v) is 17.0. The highest BCUT2D eigenvalue weighted by atomic mass is 16.2. The monoisotopic (exact) mass is 814 g/mol. The van der Waals surface area contributed by atoms with Gasteiger partial charge in [0.05, 0.1) is 11.7 Å². The number of hydrogen-bond acceptors (Lipinski definition) is 8. The number of aromatic nitrogens is 4. The van der Waals surface area contributed by atoms with Crippen LogP contribution in [0.25, 0.3) is 21.8 Å². The molecule has 0 aliphatic carbocycles. The van der Waals surface area contributed by atoms with Crippen LogP contribution in [0.5, 0.6) is 0 Å². The molecule has 0 bridgehead atoms. The molecule has 2 atom stereocenters. The Balaban J connectivity index is 0.989. The standard InChI is InChI=1S/C46H58N10O4/c1-3-16-53-17-10-32(11-18-53)27-41(45(59)55-23-21-54(22-24-55)37-8-14-47-15-9-37)50-44(58)40(28-33-25-31(2)42-36(26-33)30-48-52-42)51-46(60)56-19-12-34(13-20-56)38-29-35-6-4-5-7-39(35)49-43(38)57/h4-9,14-15,25-26,29-30,32,34,40-41H,3,10-13,16-24,27-28H2,1-2H3,(H,48,52)(H,49,57)(H,50,58)(H,51,60)/t40-,41+/m1/s1. The van der Waals surface area contributed by atoms with Crippen LogP contribution < -0.4 is 21.1 Å². The van der Waals surface area contributed by atoms with Gasteiger partial charge in [0.2, 0.25) is 11.8 Å². The minimum atomic E-state index is -0.937. The van der Waals surface area contributed by atoms with Crippen LogP contribution in [0.3, 0.4) is 0 Å². The topological polar surface area (TPSA) is 163 Å². The summed E-state index contributed by atoms with van der Waals surface area (Å²) in [7, 11) is 0. The van der Waals surface area contributed by atoms with Crippen molar-refractivity contribution >= 4 is 45.3 Å². The fraction of sp³-hybridized carbons (Fsp3) is 0.478. The van der Waals surface area contributed by atoms with Gasteiger partial charge in [-0.15, -0.1) is 0 Å². The molecule has 0 spiro atoms. The summed E-state index contributed by atoms with van der Waals surface area (Å²) in [4.78, 5) is 71.9. The second-order valence-electron chi connectivity index (χ2n) is 17.0. The third-order valence-corrected chi connectivity index (χ3v) is 12.9. The van der Waals surface area contributed by atoms with Gasteiger partial charge < -0.3 is 35.2 Å². The Labute approximate surface area is 351 Å². The number of pyridine rings is 2. The molecule has 0 unspecified atom stereocenters. The Hall–Kier alpha value is -5.76. The number of aryl methyl sites for hydroxylation is 1. The van der Waals surface area contributed by atoms with Crippen molar-refractivity contribution in [3.8, 4) is 0 Å². The van der Waals surface area contributed by atoms with E-state index in [0.29, 0.717) is 64.4 Å². The summed E-state index contributed by atoms with van der Waals surface area (Å²) in [6.07, 6.45) is 10.4. The van der Waals surface area contributed by atoms with E-state index in [-0.39, 0.29) is 35.7 Å². The molecule has 4 amide bonds. The number of piperidine rings is 2. The Kier molecular flexibility index (Phi) is 12.7. The van der Waals surface area contributed by atoms with Crippen molar-refractivity contribution in [1.29, 1.82) is 0 Å². The number of urea groups is 1. The van der Waals surface area contributed by atoms with Gasteiger partial charge in [0.25, 0.3) is 5.56 Å². The summed E-state index contributed by atoms with van der Waals surface area (Å²) < 4.78 is 0. The van der Waals surface area contributed by atoms with Gasteiger partial charge in [-0.1, -0.05) is 31.2 Å². The fourth-order valence-electron chi connectivity index (χ4n) is 9.53.